The smallest absolute Gasteiger partial charge is 0.254 e. The van der Waals surface area contributed by atoms with Crippen molar-refractivity contribution in [3.8, 4) is 0 Å². The van der Waals surface area contributed by atoms with E-state index in [1.165, 1.54) is 12.1 Å². The number of halogens is 3. The predicted octanol–water partition coefficient (Wildman–Crippen LogP) is 3.26. The van der Waals surface area contributed by atoms with Crippen LogP contribution >= 0.6 is 34.8 Å². The van der Waals surface area contributed by atoms with Gasteiger partial charge < -0.3 is 15.2 Å². The summed E-state index contributed by atoms with van der Waals surface area (Å²) in [5.41, 5.74) is 0.670. The van der Waals surface area contributed by atoms with Gasteiger partial charge in [0.05, 0.1) is 21.7 Å². The van der Waals surface area contributed by atoms with Crippen LogP contribution in [0.5, 0.6) is 0 Å². The highest BCUT2D eigenvalue weighted by Gasteiger charge is 2.20. The quantitative estimate of drug-likeness (QED) is 0.877. The normalized spacial score (nSPS) is 11.8. The van der Waals surface area contributed by atoms with E-state index in [0.717, 1.165) is 0 Å². The summed E-state index contributed by atoms with van der Waals surface area (Å²) >= 11 is 17.8. The molecule has 2 aromatic carbocycles. The minimum absolute atomic E-state index is 0.0909. The summed E-state index contributed by atoms with van der Waals surface area (Å²) < 4.78 is 0. The second-order valence-electron chi connectivity index (χ2n) is 4.75. The van der Waals surface area contributed by atoms with Crippen molar-refractivity contribution in [1.82, 2.24) is 5.32 Å². The van der Waals surface area contributed by atoms with Crippen molar-refractivity contribution in [3.63, 3.8) is 0 Å². The Hall–Kier alpha value is -1.75. The molecule has 0 aliphatic carbocycles. The van der Waals surface area contributed by atoms with Gasteiger partial charge in [-0.15, -0.1) is 0 Å². The summed E-state index contributed by atoms with van der Waals surface area (Å²) in [5, 5.41) is 14.4. The molecule has 0 saturated carbocycles. The van der Waals surface area contributed by atoms with Crippen molar-refractivity contribution >= 4 is 46.7 Å². The van der Waals surface area contributed by atoms with Crippen LogP contribution < -0.4 is 10.4 Å². The molecule has 1 atom stereocenters. The monoisotopic (exact) mass is 370 g/mol. The number of hydrogen-bond acceptors (Lipinski definition) is 3. The first-order valence-corrected chi connectivity index (χ1v) is 7.72. The highest BCUT2D eigenvalue weighted by atomic mass is 35.5. The van der Waals surface area contributed by atoms with Crippen LogP contribution in [0.3, 0.4) is 0 Å². The average Bonchev–Trinajstić information content (AvgIpc) is 2.46. The minimum Gasteiger partial charge on any atom is -0.550 e. The molecule has 0 unspecified atom stereocenters. The van der Waals surface area contributed by atoms with Gasteiger partial charge in [0.1, 0.15) is 0 Å². The van der Waals surface area contributed by atoms with Gasteiger partial charge in [-0.05, 0) is 29.8 Å². The number of amides is 1. The van der Waals surface area contributed by atoms with Crippen molar-refractivity contribution < 1.29 is 14.7 Å². The lowest BCUT2D eigenvalue weighted by Crippen LogP contribution is -2.34. The van der Waals surface area contributed by atoms with E-state index in [-0.39, 0.29) is 15.6 Å². The number of carbonyl (C=O) groups excluding carboxylic acids is 2. The Kier molecular flexibility index (Phi) is 5.88. The molecule has 0 fully saturated rings. The molecule has 0 heterocycles. The topological polar surface area (TPSA) is 69.2 Å². The zero-order valence-electron chi connectivity index (χ0n) is 11.7. The number of carboxylic acid groups (broad SMARTS) is 1. The standard InChI is InChI=1S/C16H12Cl3NO3/c17-10-6-4-9(5-7-10)13(8-14(21)22)20-16(23)15-11(18)2-1-3-12(15)19/h1-7,13H,8H2,(H,20,23)(H,21,22)/p-1/t13-/m1/s1. The van der Waals surface area contributed by atoms with Crippen molar-refractivity contribution in [2.45, 2.75) is 12.5 Å². The fourth-order valence-corrected chi connectivity index (χ4v) is 2.75. The van der Waals surface area contributed by atoms with Crippen LogP contribution in [0.2, 0.25) is 15.1 Å². The third-order valence-corrected chi connectivity index (χ3v) is 4.02. The Morgan fingerprint density at radius 2 is 1.57 bits per heavy atom. The SMILES string of the molecule is O=C([O-])C[C@@H](NC(=O)c1c(Cl)cccc1Cl)c1ccc(Cl)cc1. The van der Waals surface area contributed by atoms with E-state index in [9.17, 15) is 14.7 Å². The molecule has 1 amide bonds. The lowest BCUT2D eigenvalue weighted by Gasteiger charge is -2.20. The molecule has 120 valence electrons. The molecule has 0 radical (unpaired) electrons. The van der Waals surface area contributed by atoms with Gasteiger partial charge in [-0.3, -0.25) is 4.79 Å². The molecule has 1 N–H and O–H groups in total. The van der Waals surface area contributed by atoms with Crippen LogP contribution in [-0.2, 0) is 4.79 Å². The van der Waals surface area contributed by atoms with E-state index in [4.69, 9.17) is 34.8 Å². The molecule has 0 saturated heterocycles. The maximum Gasteiger partial charge on any atom is 0.254 e. The van der Waals surface area contributed by atoms with E-state index >= 15 is 0 Å². The van der Waals surface area contributed by atoms with Crippen LogP contribution in [0.1, 0.15) is 28.4 Å². The van der Waals surface area contributed by atoms with Gasteiger partial charge in [-0.2, -0.15) is 0 Å². The zero-order chi connectivity index (χ0) is 17.0. The molecule has 0 aromatic heterocycles. The first-order chi connectivity index (χ1) is 10.9. The number of hydrogen-bond donors (Lipinski definition) is 1. The molecule has 0 aliphatic heterocycles. The zero-order valence-corrected chi connectivity index (χ0v) is 14.0. The van der Waals surface area contributed by atoms with Crippen molar-refractivity contribution in [1.29, 1.82) is 0 Å². The summed E-state index contributed by atoms with van der Waals surface area (Å²) in [6.07, 6.45) is -0.393. The molecule has 4 nitrogen and oxygen atoms in total. The molecule has 7 heteroatoms. The van der Waals surface area contributed by atoms with Gasteiger partial charge >= 0.3 is 0 Å². The van der Waals surface area contributed by atoms with Gasteiger partial charge in [0, 0.05) is 17.4 Å². The highest BCUT2D eigenvalue weighted by Crippen LogP contribution is 2.26. The lowest BCUT2D eigenvalue weighted by molar-refractivity contribution is -0.306. The third-order valence-electron chi connectivity index (χ3n) is 3.14. The molecule has 2 aromatic rings. The second kappa shape index (κ2) is 7.68. The Morgan fingerprint density at radius 1 is 1.00 bits per heavy atom. The van der Waals surface area contributed by atoms with Gasteiger partial charge in [-0.1, -0.05) is 53.0 Å². The van der Waals surface area contributed by atoms with Crippen molar-refractivity contribution in [2.75, 3.05) is 0 Å². The first kappa shape index (κ1) is 17.6. The number of benzene rings is 2. The van der Waals surface area contributed by atoms with Crippen molar-refractivity contribution in [2.24, 2.45) is 0 Å². The maximum absolute atomic E-state index is 12.4. The maximum atomic E-state index is 12.4. The number of carboxylic acids is 1. The van der Waals surface area contributed by atoms with E-state index in [1.54, 1.807) is 30.3 Å². The summed E-state index contributed by atoms with van der Waals surface area (Å²) in [4.78, 5) is 23.4. The van der Waals surface area contributed by atoms with E-state index in [0.29, 0.717) is 10.6 Å². The third kappa shape index (κ3) is 4.61. The molecule has 0 bridgehead atoms. The molecule has 23 heavy (non-hydrogen) atoms. The van der Waals surface area contributed by atoms with Gasteiger partial charge in [0.25, 0.3) is 5.91 Å². The number of nitrogens with one attached hydrogen (secondary N) is 1. The predicted molar refractivity (Wildman–Crippen MR) is 87.7 cm³/mol. The van der Waals surface area contributed by atoms with Gasteiger partial charge in [-0.25, -0.2) is 0 Å². The number of rotatable bonds is 5. The van der Waals surface area contributed by atoms with Crippen LogP contribution in [-0.4, -0.2) is 11.9 Å². The summed E-state index contributed by atoms with van der Waals surface area (Å²) in [5.74, 6) is -1.86. The summed E-state index contributed by atoms with van der Waals surface area (Å²) in [7, 11) is 0. The Morgan fingerprint density at radius 3 is 2.09 bits per heavy atom. The largest absolute Gasteiger partial charge is 0.550 e. The average molecular weight is 372 g/mol. The van der Waals surface area contributed by atoms with Crippen LogP contribution in [0.4, 0.5) is 0 Å². The van der Waals surface area contributed by atoms with Crippen molar-refractivity contribution in [3.05, 3.63) is 68.7 Å². The first-order valence-electron chi connectivity index (χ1n) is 6.58. The number of aliphatic carboxylic acids is 1. The molecular weight excluding hydrogens is 361 g/mol. The van der Waals surface area contributed by atoms with Gasteiger partial charge in [0.15, 0.2) is 0 Å². The van der Waals surface area contributed by atoms with Gasteiger partial charge in [0.2, 0.25) is 0 Å². The fraction of sp³-hybridized carbons (Fsp3) is 0.125. The van der Waals surface area contributed by atoms with E-state index < -0.39 is 24.3 Å². The van der Waals surface area contributed by atoms with Crippen LogP contribution in [0, 0.1) is 0 Å². The van der Waals surface area contributed by atoms with Crippen LogP contribution in [0.15, 0.2) is 42.5 Å². The van der Waals surface area contributed by atoms with Crippen LogP contribution in [0.25, 0.3) is 0 Å². The molecule has 0 aliphatic rings. The Balaban J connectivity index is 2.29. The second-order valence-corrected chi connectivity index (χ2v) is 6.00. The molecule has 0 spiro atoms. The molecular formula is C16H11Cl3NO3-. The Labute approximate surface area is 148 Å². The minimum atomic E-state index is -1.30. The molecule has 2 rings (SSSR count). The highest BCUT2D eigenvalue weighted by molar-refractivity contribution is 6.39. The summed E-state index contributed by atoms with van der Waals surface area (Å²) in [6.45, 7) is 0. The van der Waals surface area contributed by atoms with E-state index in [1.807, 2.05) is 0 Å². The van der Waals surface area contributed by atoms with E-state index in [2.05, 4.69) is 5.32 Å². The lowest BCUT2D eigenvalue weighted by atomic mass is 10.0. The summed E-state index contributed by atoms with van der Waals surface area (Å²) in [6, 6.07) is 10.3. The fourth-order valence-electron chi connectivity index (χ4n) is 2.06. The number of carbonyl (C=O) groups is 2. The Bertz CT molecular complexity index is 712.